The summed E-state index contributed by atoms with van der Waals surface area (Å²) >= 11 is 5.95. The fourth-order valence-electron chi connectivity index (χ4n) is 1.55. The number of hydrogen-bond donors (Lipinski definition) is 0. The lowest BCUT2D eigenvalue weighted by atomic mass is 10.2. The molecular formula is C12H10ClF2NO. The first kappa shape index (κ1) is 12.0. The molecular weight excluding hydrogens is 248 g/mol. The summed E-state index contributed by atoms with van der Waals surface area (Å²) in [6, 6.07) is 6.19. The Morgan fingerprint density at radius 2 is 2.12 bits per heavy atom. The number of aromatic nitrogens is 1. The van der Waals surface area contributed by atoms with Gasteiger partial charge in [0.2, 0.25) is 0 Å². The third-order valence-electron chi connectivity index (χ3n) is 2.28. The standard InChI is InChI=1S/C12H10ClF2NO/c1-2-17-7-3-4-10-8(5-7)9(13)6-11(16-10)12(14)15/h3-6,12H,2H2,1H3. The van der Waals surface area contributed by atoms with Crippen molar-refractivity contribution in [2.45, 2.75) is 13.3 Å². The molecule has 1 aromatic heterocycles. The van der Waals surface area contributed by atoms with E-state index in [-0.39, 0.29) is 10.7 Å². The van der Waals surface area contributed by atoms with E-state index in [1.54, 1.807) is 18.2 Å². The topological polar surface area (TPSA) is 22.1 Å². The molecule has 0 spiro atoms. The van der Waals surface area contributed by atoms with Gasteiger partial charge in [-0.3, -0.25) is 0 Å². The summed E-state index contributed by atoms with van der Waals surface area (Å²) < 4.78 is 30.4. The van der Waals surface area contributed by atoms with Gasteiger partial charge in [0.1, 0.15) is 11.4 Å². The molecule has 0 aliphatic heterocycles. The van der Waals surface area contributed by atoms with Crippen molar-refractivity contribution in [1.82, 2.24) is 4.98 Å². The zero-order valence-electron chi connectivity index (χ0n) is 9.08. The van der Waals surface area contributed by atoms with Crippen molar-refractivity contribution < 1.29 is 13.5 Å². The predicted octanol–water partition coefficient (Wildman–Crippen LogP) is 4.22. The lowest BCUT2D eigenvalue weighted by Crippen LogP contribution is -1.94. The Bertz CT molecular complexity index is 545. The largest absolute Gasteiger partial charge is 0.494 e. The second kappa shape index (κ2) is 4.84. The number of hydrogen-bond acceptors (Lipinski definition) is 2. The van der Waals surface area contributed by atoms with Crippen LogP contribution in [-0.2, 0) is 0 Å². The minimum absolute atomic E-state index is 0.256. The summed E-state index contributed by atoms with van der Waals surface area (Å²) in [4.78, 5) is 3.85. The Morgan fingerprint density at radius 1 is 1.35 bits per heavy atom. The molecule has 2 aromatic rings. The molecule has 0 fully saturated rings. The number of nitrogens with zero attached hydrogens (tertiary/aromatic N) is 1. The average molecular weight is 258 g/mol. The van der Waals surface area contributed by atoms with Gasteiger partial charge in [-0.05, 0) is 31.2 Å². The number of ether oxygens (including phenoxy) is 1. The number of fused-ring (bicyclic) bond motifs is 1. The fourth-order valence-corrected chi connectivity index (χ4v) is 1.81. The van der Waals surface area contributed by atoms with Crippen molar-refractivity contribution in [3.05, 3.63) is 35.0 Å². The van der Waals surface area contributed by atoms with E-state index in [1.165, 1.54) is 6.07 Å². The van der Waals surface area contributed by atoms with Gasteiger partial charge in [0.25, 0.3) is 6.43 Å². The van der Waals surface area contributed by atoms with E-state index >= 15 is 0 Å². The number of rotatable bonds is 3. The van der Waals surface area contributed by atoms with Crippen molar-refractivity contribution in [2.24, 2.45) is 0 Å². The number of halogens is 3. The monoisotopic (exact) mass is 257 g/mol. The number of alkyl halides is 2. The first-order chi connectivity index (χ1) is 8.11. The normalized spacial score (nSPS) is 11.1. The SMILES string of the molecule is CCOc1ccc2nc(C(F)F)cc(Cl)c2c1. The van der Waals surface area contributed by atoms with Crippen LogP contribution in [0.4, 0.5) is 8.78 Å². The number of benzene rings is 1. The molecule has 0 amide bonds. The van der Waals surface area contributed by atoms with Crippen molar-refractivity contribution in [1.29, 1.82) is 0 Å². The summed E-state index contributed by atoms with van der Waals surface area (Å²) in [5, 5.41) is 0.869. The molecule has 0 radical (unpaired) electrons. The lowest BCUT2D eigenvalue weighted by molar-refractivity contribution is 0.146. The van der Waals surface area contributed by atoms with E-state index in [1.807, 2.05) is 6.92 Å². The van der Waals surface area contributed by atoms with Crippen LogP contribution < -0.4 is 4.74 Å². The maximum atomic E-state index is 12.5. The van der Waals surface area contributed by atoms with Crippen LogP contribution in [0.25, 0.3) is 10.9 Å². The van der Waals surface area contributed by atoms with Gasteiger partial charge in [-0.1, -0.05) is 11.6 Å². The molecule has 0 aliphatic carbocycles. The molecule has 90 valence electrons. The Kier molecular flexibility index (Phi) is 3.43. The van der Waals surface area contributed by atoms with Crippen molar-refractivity contribution in [3.8, 4) is 5.75 Å². The van der Waals surface area contributed by atoms with Gasteiger partial charge in [-0.2, -0.15) is 0 Å². The molecule has 0 saturated carbocycles. The summed E-state index contributed by atoms with van der Waals surface area (Å²) in [6.45, 7) is 2.40. The van der Waals surface area contributed by atoms with Gasteiger partial charge in [0.15, 0.2) is 0 Å². The molecule has 17 heavy (non-hydrogen) atoms. The predicted molar refractivity (Wildman–Crippen MR) is 62.9 cm³/mol. The summed E-state index contributed by atoms with van der Waals surface area (Å²) in [5.41, 5.74) is 0.128. The van der Waals surface area contributed by atoms with Gasteiger partial charge < -0.3 is 4.74 Å². The molecule has 0 saturated heterocycles. The molecule has 1 aromatic carbocycles. The Labute approximate surface area is 102 Å². The minimum Gasteiger partial charge on any atom is -0.494 e. The highest BCUT2D eigenvalue weighted by atomic mass is 35.5. The van der Waals surface area contributed by atoms with E-state index < -0.39 is 6.43 Å². The highest BCUT2D eigenvalue weighted by molar-refractivity contribution is 6.35. The zero-order chi connectivity index (χ0) is 12.4. The van der Waals surface area contributed by atoms with Crippen LogP contribution >= 0.6 is 11.6 Å². The molecule has 2 nitrogen and oxygen atoms in total. The molecule has 0 atom stereocenters. The van der Waals surface area contributed by atoms with Crippen LogP contribution in [0.3, 0.4) is 0 Å². The Morgan fingerprint density at radius 3 is 2.76 bits per heavy atom. The van der Waals surface area contributed by atoms with Gasteiger partial charge in [0, 0.05) is 5.39 Å². The maximum Gasteiger partial charge on any atom is 0.280 e. The highest BCUT2D eigenvalue weighted by Gasteiger charge is 2.12. The quantitative estimate of drug-likeness (QED) is 0.821. The zero-order valence-corrected chi connectivity index (χ0v) is 9.84. The van der Waals surface area contributed by atoms with E-state index in [2.05, 4.69) is 4.98 Å². The van der Waals surface area contributed by atoms with Gasteiger partial charge in [-0.25, -0.2) is 13.8 Å². The maximum absolute atomic E-state index is 12.5. The van der Waals surface area contributed by atoms with Crippen molar-refractivity contribution >= 4 is 22.5 Å². The Balaban J connectivity index is 2.56. The molecule has 0 unspecified atom stereocenters. The number of pyridine rings is 1. The molecule has 0 aliphatic rings. The van der Waals surface area contributed by atoms with Crippen LogP contribution in [0.2, 0.25) is 5.02 Å². The summed E-state index contributed by atoms with van der Waals surface area (Å²) in [5.74, 6) is 0.647. The second-order valence-corrected chi connectivity index (χ2v) is 3.85. The van der Waals surface area contributed by atoms with E-state index in [0.29, 0.717) is 23.3 Å². The molecule has 0 N–H and O–H groups in total. The summed E-state index contributed by atoms with van der Waals surface area (Å²) in [7, 11) is 0. The molecule has 1 heterocycles. The van der Waals surface area contributed by atoms with Crippen LogP contribution in [0.5, 0.6) is 5.75 Å². The van der Waals surface area contributed by atoms with Gasteiger partial charge in [-0.15, -0.1) is 0 Å². The van der Waals surface area contributed by atoms with Crippen LogP contribution in [0.1, 0.15) is 19.0 Å². The summed E-state index contributed by atoms with van der Waals surface area (Å²) in [6.07, 6.45) is -2.62. The van der Waals surface area contributed by atoms with Crippen molar-refractivity contribution in [3.63, 3.8) is 0 Å². The first-order valence-electron chi connectivity index (χ1n) is 5.13. The smallest absolute Gasteiger partial charge is 0.280 e. The first-order valence-corrected chi connectivity index (χ1v) is 5.50. The van der Waals surface area contributed by atoms with Gasteiger partial charge >= 0.3 is 0 Å². The highest BCUT2D eigenvalue weighted by Crippen LogP contribution is 2.29. The van der Waals surface area contributed by atoms with Crippen LogP contribution in [0, 0.1) is 0 Å². The Hall–Kier alpha value is -1.42. The van der Waals surface area contributed by atoms with Crippen molar-refractivity contribution in [2.75, 3.05) is 6.61 Å². The minimum atomic E-state index is -2.62. The molecule has 0 bridgehead atoms. The molecule has 5 heteroatoms. The van der Waals surface area contributed by atoms with E-state index in [0.717, 1.165) is 0 Å². The van der Waals surface area contributed by atoms with Crippen LogP contribution in [-0.4, -0.2) is 11.6 Å². The third-order valence-corrected chi connectivity index (χ3v) is 2.60. The van der Waals surface area contributed by atoms with Crippen LogP contribution in [0.15, 0.2) is 24.3 Å². The third kappa shape index (κ3) is 2.47. The average Bonchev–Trinajstić information content (AvgIpc) is 2.30. The molecule has 2 rings (SSSR count). The second-order valence-electron chi connectivity index (χ2n) is 3.44. The van der Waals surface area contributed by atoms with E-state index in [4.69, 9.17) is 16.3 Å². The van der Waals surface area contributed by atoms with E-state index in [9.17, 15) is 8.78 Å². The fraction of sp³-hybridized carbons (Fsp3) is 0.250. The lowest BCUT2D eigenvalue weighted by Gasteiger charge is -2.07. The van der Waals surface area contributed by atoms with Gasteiger partial charge in [0.05, 0.1) is 17.1 Å².